The number of carbonyl (C=O) groups is 8. The van der Waals surface area contributed by atoms with Gasteiger partial charge in [-0.25, -0.2) is 9.59 Å². The van der Waals surface area contributed by atoms with Crippen LogP contribution in [0.25, 0.3) is 0 Å². The fraction of sp³-hybridized carbons (Fsp3) is 0.810. The molecule has 346 valence electrons. The molecule has 1 aliphatic heterocycles. The zero-order chi connectivity index (χ0) is 44.6. The van der Waals surface area contributed by atoms with Gasteiger partial charge in [-0.1, -0.05) is 84.0 Å². The Hall–Kier alpha value is -4.00. The third-order valence-corrected chi connectivity index (χ3v) is 9.25. The number of nitrogens with zero attached hydrogens (tertiary/aromatic N) is 1. The highest BCUT2D eigenvalue weighted by Crippen LogP contribution is 2.15. The first-order chi connectivity index (χ1) is 28.9. The largest absolute Gasteiger partial charge is 0.481 e. The first kappa shape index (κ1) is 56.0. The van der Waals surface area contributed by atoms with Gasteiger partial charge in [0.1, 0.15) is 18.4 Å². The lowest BCUT2D eigenvalue weighted by molar-refractivity contribution is -0.200. The van der Waals surface area contributed by atoms with Gasteiger partial charge in [-0.2, -0.15) is 0 Å². The molecule has 0 unspecified atom stereocenters. The van der Waals surface area contributed by atoms with Gasteiger partial charge in [0, 0.05) is 65.2 Å². The summed E-state index contributed by atoms with van der Waals surface area (Å²) >= 11 is 0. The minimum Gasteiger partial charge on any atom is -0.481 e. The number of Topliss-reactive ketones (excluding diaryl/α,β-unsaturated/α-hetero) is 1. The highest BCUT2D eigenvalue weighted by Gasteiger charge is 2.32. The van der Waals surface area contributed by atoms with E-state index < -0.39 is 35.8 Å². The Morgan fingerprint density at radius 1 is 0.617 bits per heavy atom. The smallest absolute Gasteiger partial charge is 0.358 e. The number of methoxy groups -OCH3 is 1. The summed E-state index contributed by atoms with van der Waals surface area (Å²) in [7, 11) is 1.59. The van der Waals surface area contributed by atoms with Crippen LogP contribution in [-0.4, -0.2) is 129 Å². The van der Waals surface area contributed by atoms with Crippen molar-refractivity contribution in [3.8, 4) is 0 Å². The van der Waals surface area contributed by atoms with Crippen molar-refractivity contribution < 1.29 is 72.4 Å². The molecule has 4 amide bonds. The van der Waals surface area contributed by atoms with Crippen molar-refractivity contribution in [2.24, 2.45) is 0 Å². The topological polar surface area (TPSA) is 250 Å². The number of ether oxygens (including phenoxy) is 4. The predicted molar refractivity (Wildman–Crippen MR) is 219 cm³/mol. The number of unbranched alkanes of at least 4 members (excludes halogenated alkanes) is 13. The molecule has 18 nitrogen and oxygen atoms in total. The number of hydroxylamine groups is 2. The van der Waals surface area contributed by atoms with E-state index in [9.17, 15) is 43.5 Å². The molecule has 1 rings (SSSR count). The summed E-state index contributed by atoms with van der Waals surface area (Å²) in [6.07, 6.45) is 17.8. The summed E-state index contributed by atoms with van der Waals surface area (Å²) in [5.74, 6) is -4.03. The summed E-state index contributed by atoms with van der Waals surface area (Å²) in [4.78, 5) is 95.3. The highest BCUT2D eigenvalue weighted by atomic mass is 16.7. The SMILES string of the molecule is CCC(=O)NCCOCCOCC(=O)ON1C(=O)CCC1=O.COCCOCCCC(=O)CC[C@H](NC(=O)CCCCCCCCCCCCCCCCC(=O)O)C(=O)O. The summed E-state index contributed by atoms with van der Waals surface area (Å²) in [6.45, 7) is 3.99. The molecule has 0 bridgehead atoms. The molecule has 1 atom stereocenters. The van der Waals surface area contributed by atoms with Crippen LogP contribution in [0.5, 0.6) is 0 Å². The summed E-state index contributed by atoms with van der Waals surface area (Å²) < 4.78 is 20.3. The van der Waals surface area contributed by atoms with Crippen LogP contribution in [0.2, 0.25) is 0 Å². The standard InChI is InChI=1S/C29H53NO8.C13H20N2O7/c1-37-23-24-38-22-16-17-25(31)20-21-26(29(35)36)30-27(32)18-14-12-10-8-6-4-2-3-5-7-9-11-13-15-19-28(33)34;1-2-10(16)14-5-6-20-7-8-21-9-13(19)22-15-11(17)3-4-12(15)18/h26H,2-24H2,1H3,(H,30,32)(H,33,34)(H,35,36);2-9H2,1H3,(H,14,16)/t26-;/m0./s1. The van der Waals surface area contributed by atoms with E-state index in [0.717, 1.165) is 44.9 Å². The van der Waals surface area contributed by atoms with Gasteiger partial charge in [-0.3, -0.25) is 28.8 Å². The van der Waals surface area contributed by atoms with Crippen molar-refractivity contribution in [1.29, 1.82) is 0 Å². The van der Waals surface area contributed by atoms with E-state index in [1.165, 1.54) is 44.9 Å². The number of carboxylic acid groups (broad SMARTS) is 2. The van der Waals surface area contributed by atoms with Crippen molar-refractivity contribution in [2.45, 2.75) is 161 Å². The quantitative estimate of drug-likeness (QED) is 0.0477. The van der Waals surface area contributed by atoms with E-state index >= 15 is 0 Å². The van der Waals surface area contributed by atoms with E-state index in [2.05, 4.69) is 15.5 Å². The number of hydrogen-bond acceptors (Lipinski definition) is 13. The van der Waals surface area contributed by atoms with Crippen LogP contribution in [0.15, 0.2) is 0 Å². The molecule has 1 saturated heterocycles. The molecule has 0 spiro atoms. The van der Waals surface area contributed by atoms with Crippen molar-refractivity contribution in [1.82, 2.24) is 15.7 Å². The molecule has 1 aliphatic rings. The van der Waals surface area contributed by atoms with Crippen LogP contribution in [0, 0.1) is 0 Å². The number of aliphatic carboxylic acids is 2. The van der Waals surface area contributed by atoms with Gasteiger partial charge in [-0.05, 0) is 25.7 Å². The third-order valence-electron chi connectivity index (χ3n) is 9.25. The first-order valence-electron chi connectivity index (χ1n) is 21.7. The van der Waals surface area contributed by atoms with E-state index in [-0.39, 0.29) is 69.5 Å². The fourth-order valence-electron chi connectivity index (χ4n) is 5.80. The lowest BCUT2D eigenvalue weighted by Crippen LogP contribution is -2.41. The van der Waals surface area contributed by atoms with Crippen LogP contribution < -0.4 is 10.6 Å². The average Bonchev–Trinajstić information content (AvgIpc) is 3.53. The summed E-state index contributed by atoms with van der Waals surface area (Å²) in [5, 5.41) is 23.7. The van der Waals surface area contributed by atoms with E-state index in [4.69, 9.17) is 24.1 Å². The van der Waals surface area contributed by atoms with Crippen LogP contribution in [-0.2, 0) is 62.1 Å². The molecule has 1 heterocycles. The van der Waals surface area contributed by atoms with Crippen LogP contribution in [0.3, 0.4) is 0 Å². The second kappa shape index (κ2) is 39.2. The normalized spacial score (nSPS) is 12.7. The molecular weight excluding hydrogens is 786 g/mol. The molecule has 0 radical (unpaired) electrons. The number of nitrogens with one attached hydrogen (secondary N) is 2. The van der Waals surface area contributed by atoms with Gasteiger partial charge in [0.25, 0.3) is 11.8 Å². The zero-order valence-electron chi connectivity index (χ0n) is 36.1. The lowest BCUT2D eigenvalue weighted by Gasteiger charge is -2.14. The second-order valence-corrected chi connectivity index (χ2v) is 14.5. The number of carboxylic acids is 2. The fourth-order valence-corrected chi connectivity index (χ4v) is 5.80. The minimum absolute atomic E-state index is 0.0224. The van der Waals surface area contributed by atoms with Gasteiger partial charge in [0.05, 0.1) is 33.0 Å². The first-order valence-corrected chi connectivity index (χ1v) is 21.7. The number of imide groups is 1. The monoisotopic (exact) mass is 860 g/mol. The Kier molecular flexibility index (Phi) is 36.5. The Labute approximate surface area is 355 Å². The number of carbonyl (C=O) groups excluding carboxylic acids is 6. The van der Waals surface area contributed by atoms with E-state index in [1.807, 2.05) is 0 Å². The molecule has 0 saturated carbocycles. The Bertz CT molecular complexity index is 1220. The van der Waals surface area contributed by atoms with Crippen molar-refractivity contribution >= 4 is 47.3 Å². The number of rotatable bonds is 39. The number of hydrogen-bond donors (Lipinski definition) is 4. The summed E-state index contributed by atoms with van der Waals surface area (Å²) in [6, 6.07) is -1.03. The van der Waals surface area contributed by atoms with E-state index in [0.29, 0.717) is 63.7 Å². The second-order valence-electron chi connectivity index (χ2n) is 14.5. The van der Waals surface area contributed by atoms with E-state index in [1.54, 1.807) is 14.0 Å². The molecule has 0 aliphatic carbocycles. The lowest BCUT2D eigenvalue weighted by atomic mass is 10.0. The number of amides is 4. The third kappa shape index (κ3) is 34.8. The maximum absolute atomic E-state index is 12.2. The maximum Gasteiger partial charge on any atom is 0.358 e. The molecule has 18 heteroatoms. The molecule has 60 heavy (non-hydrogen) atoms. The highest BCUT2D eigenvalue weighted by molar-refractivity contribution is 6.01. The van der Waals surface area contributed by atoms with Crippen molar-refractivity contribution in [2.75, 3.05) is 59.9 Å². The van der Waals surface area contributed by atoms with Gasteiger partial charge in [-0.15, -0.1) is 5.06 Å². The van der Waals surface area contributed by atoms with Crippen LogP contribution in [0.1, 0.15) is 155 Å². The Morgan fingerprint density at radius 3 is 1.67 bits per heavy atom. The molecular formula is C42H73N3O15. The average molecular weight is 860 g/mol. The van der Waals surface area contributed by atoms with Crippen molar-refractivity contribution in [3.63, 3.8) is 0 Å². The maximum atomic E-state index is 12.2. The van der Waals surface area contributed by atoms with Gasteiger partial charge in [0.2, 0.25) is 11.8 Å². The summed E-state index contributed by atoms with van der Waals surface area (Å²) in [5.41, 5.74) is 0. The van der Waals surface area contributed by atoms with Crippen LogP contribution >= 0.6 is 0 Å². The Balaban J connectivity index is 0.00000133. The zero-order valence-corrected chi connectivity index (χ0v) is 36.1. The van der Waals surface area contributed by atoms with Crippen molar-refractivity contribution in [3.05, 3.63) is 0 Å². The minimum atomic E-state index is -1.11. The van der Waals surface area contributed by atoms with Gasteiger partial charge < -0.3 is 44.6 Å². The molecule has 0 aromatic carbocycles. The van der Waals surface area contributed by atoms with Crippen LogP contribution in [0.4, 0.5) is 0 Å². The molecule has 1 fully saturated rings. The predicted octanol–water partition coefficient (Wildman–Crippen LogP) is 4.83. The van der Waals surface area contributed by atoms with Gasteiger partial charge >= 0.3 is 17.9 Å². The van der Waals surface area contributed by atoms with Gasteiger partial charge in [0.15, 0.2) is 0 Å². The Morgan fingerprint density at radius 2 is 1.13 bits per heavy atom. The number of ketones is 1. The molecule has 0 aromatic heterocycles. The molecule has 4 N–H and O–H groups in total. The molecule has 0 aromatic rings.